The van der Waals surface area contributed by atoms with Crippen molar-refractivity contribution >= 4 is 5.91 Å². The highest BCUT2D eigenvalue weighted by Crippen LogP contribution is 2.14. The predicted octanol–water partition coefficient (Wildman–Crippen LogP) is 0.263. The highest BCUT2D eigenvalue weighted by molar-refractivity contribution is 5.92. The van der Waals surface area contributed by atoms with E-state index in [-0.39, 0.29) is 12.5 Å². The maximum Gasteiger partial charge on any atom is 0.274 e. The lowest BCUT2D eigenvalue weighted by Gasteiger charge is -2.33. The molecule has 0 saturated heterocycles. The number of rotatable bonds is 3. The second-order valence-corrected chi connectivity index (χ2v) is 4.21. The minimum Gasteiger partial charge on any atom is -0.394 e. The lowest BCUT2D eigenvalue weighted by molar-refractivity contribution is 0.0467. The summed E-state index contributed by atoms with van der Waals surface area (Å²) in [6, 6.07) is 1.66. The molecule has 1 aromatic heterocycles. The molecular formula is C10H17N3O2. The molecule has 15 heavy (non-hydrogen) atoms. The molecule has 1 aromatic rings. The summed E-state index contributed by atoms with van der Waals surface area (Å²) in [6.07, 6.45) is 1.72. The van der Waals surface area contributed by atoms with Gasteiger partial charge in [-0.2, -0.15) is 5.10 Å². The fourth-order valence-electron chi connectivity index (χ4n) is 1.08. The number of aliphatic hydroxyl groups is 1. The Morgan fingerprint density at radius 1 is 1.67 bits per heavy atom. The molecule has 0 unspecified atom stereocenters. The van der Waals surface area contributed by atoms with Crippen LogP contribution in [-0.2, 0) is 7.05 Å². The summed E-state index contributed by atoms with van der Waals surface area (Å²) >= 11 is 0. The fourth-order valence-corrected chi connectivity index (χ4v) is 1.08. The molecule has 0 fully saturated rings. The van der Waals surface area contributed by atoms with Crippen LogP contribution in [0.5, 0.6) is 0 Å². The summed E-state index contributed by atoms with van der Waals surface area (Å²) in [5, 5.41) is 13.2. The van der Waals surface area contributed by atoms with Gasteiger partial charge in [-0.1, -0.05) is 0 Å². The average Bonchev–Trinajstić information content (AvgIpc) is 2.62. The molecule has 0 aromatic carbocycles. The number of likely N-dealkylation sites (N-methyl/N-ethyl adjacent to an activating group) is 1. The Hall–Kier alpha value is -1.36. The summed E-state index contributed by atoms with van der Waals surface area (Å²) in [6.45, 7) is 3.52. The molecule has 0 radical (unpaired) electrons. The molecule has 1 N–H and O–H groups in total. The van der Waals surface area contributed by atoms with Crippen molar-refractivity contribution in [3.05, 3.63) is 18.0 Å². The third-order valence-electron chi connectivity index (χ3n) is 2.53. The van der Waals surface area contributed by atoms with Gasteiger partial charge in [0, 0.05) is 20.3 Å². The van der Waals surface area contributed by atoms with Gasteiger partial charge in [0.15, 0.2) is 0 Å². The molecule has 0 aliphatic carbocycles. The maximum atomic E-state index is 11.9. The number of aliphatic hydroxyl groups excluding tert-OH is 1. The first kappa shape index (κ1) is 11.7. The van der Waals surface area contributed by atoms with E-state index >= 15 is 0 Å². The van der Waals surface area contributed by atoms with Gasteiger partial charge in [-0.15, -0.1) is 0 Å². The van der Waals surface area contributed by atoms with Crippen LogP contribution in [0.2, 0.25) is 0 Å². The van der Waals surface area contributed by atoms with Crippen LogP contribution in [0.4, 0.5) is 0 Å². The maximum absolute atomic E-state index is 11.9. The van der Waals surface area contributed by atoms with Crippen LogP contribution in [0, 0.1) is 0 Å². The zero-order chi connectivity index (χ0) is 11.6. The van der Waals surface area contributed by atoms with Gasteiger partial charge in [-0.25, -0.2) is 0 Å². The first-order valence-electron chi connectivity index (χ1n) is 4.77. The van der Waals surface area contributed by atoms with E-state index in [1.54, 1.807) is 44.9 Å². The van der Waals surface area contributed by atoms with E-state index in [1.165, 1.54) is 4.90 Å². The third kappa shape index (κ3) is 2.36. The van der Waals surface area contributed by atoms with Crippen LogP contribution >= 0.6 is 0 Å². The van der Waals surface area contributed by atoms with Gasteiger partial charge < -0.3 is 10.0 Å². The molecule has 0 aliphatic heterocycles. The highest BCUT2D eigenvalue weighted by atomic mass is 16.3. The van der Waals surface area contributed by atoms with Crippen molar-refractivity contribution in [2.24, 2.45) is 7.05 Å². The molecule has 0 saturated carbocycles. The van der Waals surface area contributed by atoms with E-state index in [1.807, 2.05) is 0 Å². The van der Waals surface area contributed by atoms with E-state index in [9.17, 15) is 4.79 Å². The fraction of sp³-hybridized carbons (Fsp3) is 0.600. The Bertz CT molecular complexity index is 357. The Morgan fingerprint density at radius 2 is 2.27 bits per heavy atom. The van der Waals surface area contributed by atoms with Crippen molar-refractivity contribution in [3.8, 4) is 0 Å². The van der Waals surface area contributed by atoms with Crippen molar-refractivity contribution in [1.82, 2.24) is 14.7 Å². The molecule has 1 amide bonds. The van der Waals surface area contributed by atoms with Gasteiger partial charge in [-0.3, -0.25) is 9.48 Å². The minimum atomic E-state index is -0.575. The molecule has 84 valence electrons. The number of carbonyl (C=O) groups is 1. The number of hydrogen-bond donors (Lipinski definition) is 1. The first-order chi connectivity index (χ1) is 6.88. The number of carbonyl (C=O) groups excluding carboxylic acids is 1. The lowest BCUT2D eigenvalue weighted by Crippen LogP contribution is -2.47. The Labute approximate surface area is 89.3 Å². The van der Waals surface area contributed by atoms with E-state index in [0.29, 0.717) is 5.69 Å². The highest BCUT2D eigenvalue weighted by Gasteiger charge is 2.28. The van der Waals surface area contributed by atoms with Crippen molar-refractivity contribution in [3.63, 3.8) is 0 Å². The van der Waals surface area contributed by atoms with Crippen LogP contribution in [-0.4, -0.2) is 44.9 Å². The van der Waals surface area contributed by atoms with E-state index in [4.69, 9.17) is 5.11 Å². The minimum absolute atomic E-state index is 0.0813. The monoisotopic (exact) mass is 211 g/mol. The van der Waals surface area contributed by atoms with Gasteiger partial charge in [0.05, 0.1) is 12.1 Å². The van der Waals surface area contributed by atoms with Crippen LogP contribution in [0.25, 0.3) is 0 Å². The topological polar surface area (TPSA) is 58.4 Å². The number of hydrogen-bond acceptors (Lipinski definition) is 3. The molecular weight excluding hydrogens is 194 g/mol. The number of aromatic nitrogens is 2. The molecule has 0 bridgehead atoms. The second-order valence-electron chi connectivity index (χ2n) is 4.21. The normalized spacial score (nSPS) is 11.5. The van der Waals surface area contributed by atoms with Gasteiger partial charge in [0.25, 0.3) is 5.91 Å². The van der Waals surface area contributed by atoms with E-state index < -0.39 is 5.54 Å². The van der Waals surface area contributed by atoms with E-state index in [2.05, 4.69) is 5.10 Å². The molecule has 0 atom stereocenters. The van der Waals surface area contributed by atoms with E-state index in [0.717, 1.165) is 0 Å². The summed E-state index contributed by atoms with van der Waals surface area (Å²) < 4.78 is 1.58. The molecule has 0 aliphatic rings. The summed E-state index contributed by atoms with van der Waals surface area (Å²) in [4.78, 5) is 13.4. The standard InChI is InChI=1S/C10H17N3O2/c1-10(2,7-14)13(4)9(15)8-5-6-12(3)11-8/h5-6,14H,7H2,1-4H3. The van der Waals surface area contributed by atoms with Crippen molar-refractivity contribution in [2.45, 2.75) is 19.4 Å². The number of nitrogens with zero attached hydrogens (tertiary/aromatic N) is 3. The summed E-state index contributed by atoms with van der Waals surface area (Å²) in [5.41, 5.74) is -0.184. The van der Waals surface area contributed by atoms with Gasteiger partial charge in [0.1, 0.15) is 5.69 Å². The smallest absolute Gasteiger partial charge is 0.274 e. The first-order valence-corrected chi connectivity index (χ1v) is 4.77. The summed E-state index contributed by atoms with van der Waals surface area (Å²) in [5.74, 6) is -0.186. The number of aryl methyl sites for hydroxylation is 1. The van der Waals surface area contributed by atoms with Crippen LogP contribution in [0.15, 0.2) is 12.3 Å². The second kappa shape index (κ2) is 4.02. The zero-order valence-electron chi connectivity index (χ0n) is 9.56. The summed E-state index contributed by atoms with van der Waals surface area (Å²) in [7, 11) is 3.42. The number of amides is 1. The molecule has 5 nitrogen and oxygen atoms in total. The quantitative estimate of drug-likeness (QED) is 0.780. The molecule has 0 spiro atoms. The zero-order valence-corrected chi connectivity index (χ0v) is 9.56. The third-order valence-corrected chi connectivity index (χ3v) is 2.53. The van der Waals surface area contributed by atoms with Crippen molar-refractivity contribution in [1.29, 1.82) is 0 Å². The molecule has 1 heterocycles. The molecule has 1 rings (SSSR count). The SMILES string of the molecule is CN(C(=O)c1ccn(C)n1)C(C)(C)CO. The molecule has 5 heteroatoms. The van der Waals surface area contributed by atoms with Gasteiger partial charge in [0.2, 0.25) is 0 Å². The van der Waals surface area contributed by atoms with Gasteiger partial charge >= 0.3 is 0 Å². The Balaban J connectivity index is 2.86. The van der Waals surface area contributed by atoms with Crippen LogP contribution in [0.3, 0.4) is 0 Å². The Kier molecular flexibility index (Phi) is 3.14. The lowest BCUT2D eigenvalue weighted by atomic mass is 10.0. The largest absolute Gasteiger partial charge is 0.394 e. The predicted molar refractivity (Wildman–Crippen MR) is 56.5 cm³/mol. The van der Waals surface area contributed by atoms with Gasteiger partial charge in [-0.05, 0) is 19.9 Å². The van der Waals surface area contributed by atoms with Crippen LogP contribution < -0.4 is 0 Å². The average molecular weight is 211 g/mol. The van der Waals surface area contributed by atoms with Crippen molar-refractivity contribution < 1.29 is 9.90 Å². The Morgan fingerprint density at radius 3 is 2.67 bits per heavy atom. The van der Waals surface area contributed by atoms with Crippen LogP contribution in [0.1, 0.15) is 24.3 Å². The van der Waals surface area contributed by atoms with Crippen molar-refractivity contribution in [2.75, 3.05) is 13.7 Å².